The summed E-state index contributed by atoms with van der Waals surface area (Å²) in [6, 6.07) is 0. The molecule has 0 aromatic carbocycles. The zero-order chi connectivity index (χ0) is 8.77. The van der Waals surface area contributed by atoms with Crippen molar-refractivity contribution in [2.24, 2.45) is 17.3 Å². The molecule has 70 valence electrons. The Morgan fingerprint density at radius 3 is 2.50 bits per heavy atom. The zero-order valence-corrected chi connectivity index (χ0v) is 8.64. The van der Waals surface area contributed by atoms with Gasteiger partial charge >= 0.3 is 0 Å². The molecule has 1 spiro atoms. The van der Waals surface area contributed by atoms with Crippen LogP contribution in [-0.2, 0) is 0 Å². The Kier molecular flexibility index (Phi) is 1.95. The van der Waals surface area contributed by atoms with E-state index in [9.17, 15) is 0 Å². The van der Waals surface area contributed by atoms with Gasteiger partial charge in [-0.15, -0.1) is 0 Å². The summed E-state index contributed by atoms with van der Waals surface area (Å²) < 4.78 is 0. The summed E-state index contributed by atoms with van der Waals surface area (Å²) in [6.07, 6.45) is 3.01. The minimum absolute atomic E-state index is 0.787. The minimum atomic E-state index is 0.787. The van der Waals surface area contributed by atoms with E-state index in [1.807, 2.05) is 0 Å². The molecular weight excluding hydrogens is 146 g/mol. The lowest BCUT2D eigenvalue weighted by molar-refractivity contribution is 0.283. The summed E-state index contributed by atoms with van der Waals surface area (Å²) in [4.78, 5) is 2.67. The molecule has 0 radical (unpaired) electrons. The van der Waals surface area contributed by atoms with Crippen molar-refractivity contribution in [2.75, 3.05) is 19.6 Å². The molecule has 0 aromatic rings. The summed E-state index contributed by atoms with van der Waals surface area (Å²) in [5.41, 5.74) is 0.787. The Morgan fingerprint density at radius 1 is 1.42 bits per heavy atom. The lowest BCUT2D eigenvalue weighted by atomic mass is 9.95. The summed E-state index contributed by atoms with van der Waals surface area (Å²) in [7, 11) is 0. The molecule has 1 aliphatic heterocycles. The van der Waals surface area contributed by atoms with E-state index in [1.165, 1.54) is 32.5 Å². The third-order valence-corrected chi connectivity index (χ3v) is 3.63. The fourth-order valence-corrected chi connectivity index (χ4v) is 2.71. The largest absolute Gasteiger partial charge is 0.302 e. The molecule has 12 heavy (non-hydrogen) atoms. The van der Waals surface area contributed by atoms with Gasteiger partial charge in [0.05, 0.1) is 0 Å². The predicted molar refractivity (Wildman–Crippen MR) is 52.1 cm³/mol. The van der Waals surface area contributed by atoms with Crippen LogP contribution in [0.25, 0.3) is 0 Å². The highest BCUT2D eigenvalue weighted by molar-refractivity contribution is 5.04. The minimum Gasteiger partial charge on any atom is -0.302 e. The molecule has 0 N–H and O–H groups in total. The van der Waals surface area contributed by atoms with Gasteiger partial charge in [-0.2, -0.15) is 0 Å². The van der Waals surface area contributed by atoms with Crippen LogP contribution in [0.1, 0.15) is 33.6 Å². The van der Waals surface area contributed by atoms with Gasteiger partial charge in [-0.1, -0.05) is 20.8 Å². The molecule has 2 aliphatic rings. The number of hydrogen-bond donors (Lipinski definition) is 0. The maximum absolute atomic E-state index is 2.67. The highest BCUT2D eigenvalue weighted by Gasteiger charge is 2.52. The molecule has 2 fully saturated rings. The van der Waals surface area contributed by atoms with E-state index in [4.69, 9.17) is 0 Å². The monoisotopic (exact) mass is 167 g/mol. The standard InChI is InChI=1S/C11H21N/c1-9(2)6-12-7-10(3)11(8-12)4-5-11/h9-10H,4-8H2,1-3H3. The highest BCUT2D eigenvalue weighted by Crippen LogP contribution is 2.55. The SMILES string of the molecule is CC(C)CN1CC(C)C2(CC2)C1. The zero-order valence-electron chi connectivity index (χ0n) is 8.64. The lowest BCUT2D eigenvalue weighted by Gasteiger charge is -2.17. The van der Waals surface area contributed by atoms with Gasteiger partial charge in [0.1, 0.15) is 0 Å². The first-order valence-corrected chi connectivity index (χ1v) is 5.35. The second kappa shape index (κ2) is 2.73. The molecule has 1 nitrogen and oxygen atoms in total. The molecule has 1 unspecified atom stereocenters. The molecule has 1 heteroatoms. The predicted octanol–water partition coefficient (Wildman–Crippen LogP) is 2.37. The van der Waals surface area contributed by atoms with Crippen LogP contribution in [-0.4, -0.2) is 24.5 Å². The van der Waals surface area contributed by atoms with Crippen LogP contribution < -0.4 is 0 Å². The lowest BCUT2D eigenvalue weighted by Crippen LogP contribution is -2.25. The summed E-state index contributed by atoms with van der Waals surface area (Å²) in [5.74, 6) is 1.81. The Labute approximate surface area is 76.1 Å². The topological polar surface area (TPSA) is 3.24 Å². The molecule has 2 rings (SSSR count). The molecule has 1 aliphatic carbocycles. The summed E-state index contributed by atoms with van der Waals surface area (Å²) in [5, 5.41) is 0. The summed E-state index contributed by atoms with van der Waals surface area (Å²) >= 11 is 0. The fourth-order valence-electron chi connectivity index (χ4n) is 2.71. The van der Waals surface area contributed by atoms with Crippen LogP contribution in [0.15, 0.2) is 0 Å². The highest BCUT2D eigenvalue weighted by atomic mass is 15.2. The first-order valence-electron chi connectivity index (χ1n) is 5.35. The van der Waals surface area contributed by atoms with Crippen molar-refractivity contribution in [3.05, 3.63) is 0 Å². The fraction of sp³-hybridized carbons (Fsp3) is 1.00. The van der Waals surface area contributed by atoms with Crippen molar-refractivity contribution in [3.63, 3.8) is 0 Å². The van der Waals surface area contributed by atoms with E-state index in [1.54, 1.807) is 0 Å². The quantitative estimate of drug-likeness (QED) is 0.610. The Balaban J connectivity index is 1.89. The van der Waals surface area contributed by atoms with Gasteiger partial charge in [0.15, 0.2) is 0 Å². The molecule has 1 saturated heterocycles. The van der Waals surface area contributed by atoms with Gasteiger partial charge in [-0.05, 0) is 30.1 Å². The van der Waals surface area contributed by atoms with Crippen molar-refractivity contribution in [3.8, 4) is 0 Å². The average molecular weight is 167 g/mol. The Morgan fingerprint density at radius 2 is 2.08 bits per heavy atom. The van der Waals surface area contributed by atoms with Crippen molar-refractivity contribution in [2.45, 2.75) is 33.6 Å². The smallest absolute Gasteiger partial charge is 0.00412 e. The third-order valence-electron chi connectivity index (χ3n) is 3.63. The van der Waals surface area contributed by atoms with Gasteiger partial charge in [0, 0.05) is 19.6 Å². The maximum atomic E-state index is 2.67. The van der Waals surface area contributed by atoms with Crippen LogP contribution in [0.2, 0.25) is 0 Å². The average Bonchev–Trinajstić information content (AvgIpc) is 2.60. The van der Waals surface area contributed by atoms with E-state index in [0.29, 0.717) is 0 Å². The van der Waals surface area contributed by atoms with E-state index < -0.39 is 0 Å². The normalized spacial score (nSPS) is 33.5. The van der Waals surface area contributed by atoms with Gasteiger partial charge in [-0.25, -0.2) is 0 Å². The second-order valence-electron chi connectivity index (χ2n) is 5.35. The number of likely N-dealkylation sites (tertiary alicyclic amines) is 1. The molecule has 0 bridgehead atoms. The van der Waals surface area contributed by atoms with Crippen LogP contribution in [0, 0.1) is 17.3 Å². The Hall–Kier alpha value is -0.0400. The third kappa shape index (κ3) is 1.39. The Bertz CT molecular complexity index is 170. The van der Waals surface area contributed by atoms with Gasteiger partial charge in [-0.3, -0.25) is 0 Å². The number of hydrogen-bond acceptors (Lipinski definition) is 1. The van der Waals surface area contributed by atoms with E-state index >= 15 is 0 Å². The molecule has 0 amide bonds. The second-order valence-corrected chi connectivity index (χ2v) is 5.35. The van der Waals surface area contributed by atoms with Gasteiger partial charge in [0.25, 0.3) is 0 Å². The molecule has 1 atom stereocenters. The first-order chi connectivity index (χ1) is 5.62. The maximum Gasteiger partial charge on any atom is 0.00412 e. The molecule has 1 heterocycles. The molecular formula is C11H21N. The van der Waals surface area contributed by atoms with Crippen molar-refractivity contribution >= 4 is 0 Å². The van der Waals surface area contributed by atoms with Crippen molar-refractivity contribution in [1.82, 2.24) is 4.90 Å². The summed E-state index contributed by atoms with van der Waals surface area (Å²) in [6.45, 7) is 11.1. The van der Waals surface area contributed by atoms with Gasteiger partial charge in [0.2, 0.25) is 0 Å². The molecule has 0 aromatic heterocycles. The van der Waals surface area contributed by atoms with Crippen LogP contribution >= 0.6 is 0 Å². The van der Waals surface area contributed by atoms with Gasteiger partial charge < -0.3 is 4.90 Å². The van der Waals surface area contributed by atoms with Crippen LogP contribution in [0.4, 0.5) is 0 Å². The van der Waals surface area contributed by atoms with E-state index in [2.05, 4.69) is 25.7 Å². The van der Waals surface area contributed by atoms with E-state index in [-0.39, 0.29) is 0 Å². The molecule has 1 saturated carbocycles. The van der Waals surface area contributed by atoms with Crippen molar-refractivity contribution < 1.29 is 0 Å². The number of nitrogens with zero attached hydrogens (tertiary/aromatic N) is 1. The van der Waals surface area contributed by atoms with E-state index in [0.717, 1.165) is 17.3 Å². The first kappa shape index (κ1) is 8.55. The van der Waals surface area contributed by atoms with Crippen molar-refractivity contribution in [1.29, 1.82) is 0 Å². The van der Waals surface area contributed by atoms with Crippen LogP contribution in [0.3, 0.4) is 0 Å². The number of rotatable bonds is 2. The van der Waals surface area contributed by atoms with Crippen LogP contribution in [0.5, 0.6) is 0 Å².